The van der Waals surface area contributed by atoms with E-state index in [9.17, 15) is 0 Å². The predicted octanol–water partition coefficient (Wildman–Crippen LogP) is 4.94. The van der Waals surface area contributed by atoms with Gasteiger partial charge in [-0.1, -0.05) is 43.7 Å². The lowest BCUT2D eigenvalue weighted by Gasteiger charge is -2.38. The summed E-state index contributed by atoms with van der Waals surface area (Å²) in [5.41, 5.74) is 6.46. The number of rotatable bonds is 1. The van der Waals surface area contributed by atoms with E-state index in [1.807, 2.05) is 0 Å². The Morgan fingerprint density at radius 3 is 2.94 bits per heavy atom. The molecule has 0 N–H and O–H groups in total. The molecule has 90 valence electrons. The zero-order valence-electron chi connectivity index (χ0n) is 11.1. The molecule has 0 bridgehead atoms. The minimum Gasteiger partial charge on any atom is -0.0955 e. The zero-order valence-corrected chi connectivity index (χ0v) is 11.1. The van der Waals surface area contributed by atoms with Crippen molar-refractivity contribution in [1.29, 1.82) is 0 Å². The first-order valence-corrected chi connectivity index (χ1v) is 6.89. The Bertz CT molecular complexity index is 469. The third kappa shape index (κ3) is 1.57. The molecule has 0 heteroatoms. The van der Waals surface area contributed by atoms with Gasteiger partial charge < -0.3 is 0 Å². The summed E-state index contributed by atoms with van der Waals surface area (Å²) in [7, 11) is 0. The molecular formula is C17H22. The van der Waals surface area contributed by atoms with Crippen molar-refractivity contribution in [1.82, 2.24) is 0 Å². The van der Waals surface area contributed by atoms with E-state index in [0.717, 1.165) is 5.92 Å². The fourth-order valence-corrected chi connectivity index (χ4v) is 4.08. The first-order valence-electron chi connectivity index (χ1n) is 6.89. The lowest BCUT2D eigenvalue weighted by molar-refractivity contribution is 0.252. The van der Waals surface area contributed by atoms with Crippen LogP contribution < -0.4 is 0 Å². The third-order valence-electron chi connectivity index (χ3n) is 5.08. The Labute approximate surface area is 105 Å². The number of benzene rings is 1. The normalized spacial score (nSPS) is 30.8. The molecule has 0 heterocycles. The van der Waals surface area contributed by atoms with Gasteiger partial charge in [-0.05, 0) is 60.6 Å². The van der Waals surface area contributed by atoms with Gasteiger partial charge in [0.1, 0.15) is 0 Å². The summed E-state index contributed by atoms with van der Waals surface area (Å²) in [6.07, 6.45) is 6.86. The van der Waals surface area contributed by atoms with Crippen molar-refractivity contribution in [3.8, 4) is 0 Å². The van der Waals surface area contributed by atoms with Crippen molar-refractivity contribution in [2.24, 2.45) is 5.41 Å². The lowest BCUT2D eigenvalue weighted by Crippen LogP contribution is -2.27. The average molecular weight is 226 g/mol. The molecule has 2 aliphatic carbocycles. The van der Waals surface area contributed by atoms with E-state index in [2.05, 4.69) is 38.6 Å². The van der Waals surface area contributed by atoms with Gasteiger partial charge in [-0.3, -0.25) is 0 Å². The van der Waals surface area contributed by atoms with E-state index in [-0.39, 0.29) is 0 Å². The second-order valence-electron chi connectivity index (χ2n) is 6.25. The van der Waals surface area contributed by atoms with Crippen LogP contribution >= 0.6 is 0 Å². The van der Waals surface area contributed by atoms with E-state index < -0.39 is 0 Å². The maximum atomic E-state index is 4.14. The largest absolute Gasteiger partial charge is 0.0955 e. The van der Waals surface area contributed by atoms with E-state index >= 15 is 0 Å². The SMILES string of the molecule is C=C(C)c1cccc2c1CC[C@@]1(C)CCC[C@@H]21. The molecule has 1 aromatic rings. The quantitative estimate of drug-likeness (QED) is 0.636. The molecule has 2 atom stereocenters. The van der Waals surface area contributed by atoms with Crippen LogP contribution in [-0.4, -0.2) is 0 Å². The fraction of sp³-hybridized carbons (Fsp3) is 0.529. The summed E-state index contributed by atoms with van der Waals surface area (Å²) in [6, 6.07) is 6.85. The highest BCUT2D eigenvalue weighted by Gasteiger charge is 2.43. The van der Waals surface area contributed by atoms with Crippen molar-refractivity contribution in [3.63, 3.8) is 0 Å². The first kappa shape index (κ1) is 11.1. The summed E-state index contributed by atoms with van der Waals surface area (Å²) in [6.45, 7) is 8.77. The van der Waals surface area contributed by atoms with E-state index in [0.29, 0.717) is 5.41 Å². The van der Waals surface area contributed by atoms with Gasteiger partial charge in [0.05, 0.1) is 0 Å². The van der Waals surface area contributed by atoms with Crippen LogP contribution in [0.15, 0.2) is 24.8 Å². The molecule has 0 radical (unpaired) electrons. The van der Waals surface area contributed by atoms with Crippen LogP contribution in [0.5, 0.6) is 0 Å². The monoisotopic (exact) mass is 226 g/mol. The standard InChI is InChI=1S/C17H22/c1-12(2)13-6-4-7-15-14(13)9-11-17(3)10-5-8-16(15)17/h4,6-7,16H,1,5,8-11H2,2-3H3/t16-,17+/m0/s1. The Kier molecular flexibility index (Phi) is 2.43. The Hall–Kier alpha value is -1.04. The van der Waals surface area contributed by atoms with Crippen molar-refractivity contribution in [3.05, 3.63) is 41.5 Å². The maximum Gasteiger partial charge on any atom is -0.0105 e. The molecule has 1 fully saturated rings. The molecular weight excluding hydrogens is 204 g/mol. The Morgan fingerprint density at radius 2 is 2.18 bits per heavy atom. The van der Waals surface area contributed by atoms with Gasteiger partial charge in [-0.15, -0.1) is 0 Å². The van der Waals surface area contributed by atoms with Gasteiger partial charge in [-0.2, -0.15) is 0 Å². The minimum absolute atomic E-state index is 0.584. The van der Waals surface area contributed by atoms with Crippen LogP contribution in [0.25, 0.3) is 5.57 Å². The van der Waals surface area contributed by atoms with Crippen molar-refractivity contribution >= 4 is 5.57 Å². The topological polar surface area (TPSA) is 0 Å². The van der Waals surface area contributed by atoms with Gasteiger partial charge in [-0.25, -0.2) is 0 Å². The molecule has 0 aliphatic heterocycles. The smallest absolute Gasteiger partial charge is 0.0105 e. The third-order valence-corrected chi connectivity index (χ3v) is 5.08. The van der Waals surface area contributed by atoms with Gasteiger partial charge in [0.2, 0.25) is 0 Å². The van der Waals surface area contributed by atoms with Crippen molar-refractivity contribution in [2.75, 3.05) is 0 Å². The number of hydrogen-bond acceptors (Lipinski definition) is 0. The second-order valence-corrected chi connectivity index (χ2v) is 6.25. The molecule has 0 spiro atoms. The van der Waals surface area contributed by atoms with Crippen molar-refractivity contribution < 1.29 is 0 Å². The summed E-state index contributed by atoms with van der Waals surface area (Å²) in [5.74, 6) is 0.811. The van der Waals surface area contributed by atoms with Crippen LogP contribution in [0.1, 0.15) is 62.1 Å². The average Bonchev–Trinajstić information content (AvgIpc) is 2.70. The molecule has 0 amide bonds. The van der Waals surface area contributed by atoms with Gasteiger partial charge in [0.15, 0.2) is 0 Å². The molecule has 3 rings (SSSR count). The molecule has 2 aliphatic rings. The molecule has 1 aromatic carbocycles. The van der Waals surface area contributed by atoms with E-state index in [4.69, 9.17) is 0 Å². The van der Waals surface area contributed by atoms with Crippen LogP contribution in [0, 0.1) is 5.41 Å². The Morgan fingerprint density at radius 1 is 1.35 bits per heavy atom. The summed E-state index contributed by atoms with van der Waals surface area (Å²) >= 11 is 0. The number of allylic oxidation sites excluding steroid dienone is 1. The zero-order chi connectivity index (χ0) is 12.0. The lowest BCUT2D eigenvalue weighted by atomic mass is 9.66. The summed E-state index contributed by atoms with van der Waals surface area (Å²) < 4.78 is 0. The second kappa shape index (κ2) is 3.73. The molecule has 1 saturated carbocycles. The van der Waals surface area contributed by atoms with E-state index in [1.54, 1.807) is 11.1 Å². The minimum atomic E-state index is 0.584. The van der Waals surface area contributed by atoms with Crippen LogP contribution in [0.2, 0.25) is 0 Å². The number of fused-ring (bicyclic) bond motifs is 3. The highest BCUT2D eigenvalue weighted by molar-refractivity contribution is 5.66. The Balaban J connectivity index is 2.13. The van der Waals surface area contributed by atoms with Crippen LogP contribution in [-0.2, 0) is 6.42 Å². The summed E-state index contributed by atoms with van der Waals surface area (Å²) in [5, 5.41) is 0. The molecule has 0 saturated heterocycles. The number of hydrogen-bond donors (Lipinski definition) is 0. The van der Waals surface area contributed by atoms with Crippen LogP contribution in [0.3, 0.4) is 0 Å². The van der Waals surface area contributed by atoms with Gasteiger partial charge >= 0.3 is 0 Å². The van der Waals surface area contributed by atoms with Gasteiger partial charge in [0.25, 0.3) is 0 Å². The molecule has 17 heavy (non-hydrogen) atoms. The maximum absolute atomic E-state index is 4.14. The van der Waals surface area contributed by atoms with E-state index in [1.165, 1.54) is 43.2 Å². The summed E-state index contributed by atoms with van der Waals surface area (Å²) in [4.78, 5) is 0. The first-order chi connectivity index (χ1) is 8.12. The van der Waals surface area contributed by atoms with Gasteiger partial charge in [0, 0.05) is 0 Å². The molecule has 0 unspecified atom stereocenters. The highest BCUT2D eigenvalue weighted by Crippen LogP contribution is 2.56. The fourth-order valence-electron chi connectivity index (χ4n) is 4.08. The molecule has 0 nitrogen and oxygen atoms in total. The highest BCUT2D eigenvalue weighted by atomic mass is 14.5. The predicted molar refractivity (Wildman–Crippen MR) is 74.2 cm³/mol. The van der Waals surface area contributed by atoms with Crippen molar-refractivity contribution in [2.45, 2.75) is 51.9 Å². The molecule has 0 aromatic heterocycles. The van der Waals surface area contributed by atoms with Crippen LogP contribution in [0.4, 0.5) is 0 Å².